The third-order valence-electron chi connectivity index (χ3n) is 5.78. The lowest BCUT2D eigenvalue weighted by atomic mass is 9.63. The highest BCUT2D eigenvalue weighted by Gasteiger charge is 2.55. The molecule has 2 unspecified atom stereocenters. The van der Waals surface area contributed by atoms with Crippen molar-refractivity contribution < 1.29 is 10.2 Å². The van der Waals surface area contributed by atoms with E-state index in [1.54, 1.807) is 0 Å². The molecule has 0 saturated carbocycles. The van der Waals surface area contributed by atoms with Crippen LogP contribution in [0.2, 0.25) is 0 Å². The molecule has 2 N–H and O–H groups in total. The van der Waals surface area contributed by atoms with Crippen LogP contribution in [0.1, 0.15) is 52.4 Å². The van der Waals surface area contributed by atoms with Gasteiger partial charge in [0.2, 0.25) is 0 Å². The van der Waals surface area contributed by atoms with Crippen molar-refractivity contribution in [2.75, 3.05) is 13.7 Å². The van der Waals surface area contributed by atoms with Crippen molar-refractivity contribution in [2.24, 2.45) is 5.41 Å². The van der Waals surface area contributed by atoms with E-state index in [1.807, 2.05) is 0 Å². The van der Waals surface area contributed by atoms with Gasteiger partial charge in [-0.2, -0.15) is 0 Å². The van der Waals surface area contributed by atoms with Crippen molar-refractivity contribution in [3.8, 4) is 0 Å². The monoisotopic (exact) mass is 241 g/mol. The molecule has 3 nitrogen and oxygen atoms in total. The van der Waals surface area contributed by atoms with Crippen molar-refractivity contribution in [3.05, 3.63) is 0 Å². The lowest BCUT2D eigenvalue weighted by Crippen LogP contribution is -2.59. The minimum atomic E-state index is -0.663. The van der Waals surface area contributed by atoms with Gasteiger partial charge in [-0.15, -0.1) is 0 Å². The smallest absolute Gasteiger partial charge is 0.0755 e. The fraction of sp³-hybridized carbons (Fsp3) is 1.00. The molecule has 2 atom stereocenters. The second-order valence-electron chi connectivity index (χ2n) is 6.14. The quantitative estimate of drug-likeness (QED) is 0.788. The van der Waals surface area contributed by atoms with E-state index >= 15 is 0 Å². The molecule has 2 rings (SSSR count). The van der Waals surface area contributed by atoms with Gasteiger partial charge in [0.25, 0.3) is 0 Å². The summed E-state index contributed by atoms with van der Waals surface area (Å²) >= 11 is 0. The van der Waals surface area contributed by atoms with Crippen LogP contribution in [0.4, 0.5) is 0 Å². The molecule has 2 aliphatic rings. The Labute approximate surface area is 105 Å². The fourth-order valence-corrected chi connectivity index (χ4v) is 4.16. The SMILES string of the molecule is CCC(CC)(CO)C1(O)CC2CCC(C1)N2C. The number of fused-ring (bicyclic) bond motifs is 2. The Bertz CT molecular complexity index is 253. The number of hydrogen-bond acceptors (Lipinski definition) is 3. The molecule has 0 aliphatic carbocycles. The first-order valence-corrected chi connectivity index (χ1v) is 7.07. The van der Waals surface area contributed by atoms with Gasteiger partial charge in [-0.3, -0.25) is 0 Å². The van der Waals surface area contributed by atoms with Crippen LogP contribution in [0, 0.1) is 5.41 Å². The molecule has 0 aromatic carbocycles. The summed E-state index contributed by atoms with van der Waals surface area (Å²) in [6, 6.07) is 1.03. The highest BCUT2D eigenvalue weighted by molar-refractivity contribution is 5.08. The van der Waals surface area contributed by atoms with E-state index in [0.29, 0.717) is 12.1 Å². The normalized spacial score (nSPS) is 38.6. The molecule has 2 bridgehead atoms. The van der Waals surface area contributed by atoms with Gasteiger partial charge in [-0.25, -0.2) is 0 Å². The zero-order valence-electron chi connectivity index (χ0n) is 11.4. The molecule has 0 aromatic rings. The lowest BCUT2D eigenvalue weighted by molar-refractivity contribution is -0.156. The number of aliphatic hydroxyl groups is 2. The van der Waals surface area contributed by atoms with Gasteiger partial charge in [-0.1, -0.05) is 13.8 Å². The zero-order valence-corrected chi connectivity index (χ0v) is 11.4. The standard InChI is InChI=1S/C14H27NO2/c1-4-13(5-2,10-16)14(17)8-11-6-7-12(9-14)15(11)3/h11-12,16-17H,4-10H2,1-3H3. The van der Waals surface area contributed by atoms with E-state index in [-0.39, 0.29) is 12.0 Å². The molecule has 0 aromatic heterocycles. The van der Waals surface area contributed by atoms with Crippen LogP contribution in [0.3, 0.4) is 0 Å². The third kappa shape index (κ3) is 1.83. The minimum Gasteiger partial charge on any atom is -0.396 e. The molecule has 2 fully saturated rings. The Hall–Kier alpha value is -0.120. The molecular weight excluding hydrogens is 214 g/mol. The third-order valence-corrected chi connectivity index (χ3v) is 5.78. The number of piperidine rings is 1. The summed E-state index contributed by atoms with van der Waals surface area (Å²) in [5, 5.41) is 20.9. The Morgan fingerprint density at radius 3 is 2.00 bits per heavy atom. The summed E-state index contributed by atoms with van der Waals surface area (Å²) in [4.78, 5) is 2.43. The lowest BCUT2D eigenvalue weighted by Gasteiger charge is -2.52. The minimum absolute atomic E-state index is 0.111. The van der Waals surface area contributed by atoms with Gasteiger partial charge >= 0.3 is 0 Å². The first-order valence-electron chi connectivity index (χ1n) is 7.07. The summed E-state index contributed by atoms with van der Waals surface area (Å²) < 4.78 is 0. The number of aliphatic hydroxyl groups excluding tert-OH is 1. The van der Waals surface area contributed by atoms with Crippen LogP contribution in [-0.2, 0) is 0 Å². The molecule has 2 aliphatic heterocycles. The molecule has 3 heteroatoms. The molecule has 100 valence electrons. The van der Waals surface area contributed by atoms with Crippen LogP contribution in [0.5, 0.6) is 0 Å². The average molecular weight is 241 g/mol. The number of nitrogens with zero attached hydrogens (tertiary/aromatic N) is 1. The summed E-state index contributed by atoms with van der Waals surface area (Å²) in [5.41, 5.74) is -0.960. The largest absolute Gasteiger partial charge is 0.396 e. The summed E-state index contributed by atoms with van der Waals surface area (Å²) in [7, 11) is 2.18. The van der Waals surface area contributed by atoms with Crippen molar-refractivity contribution in [2.45, 2.75) is 70.1 Å². The van der Waals surface area contributed by atoms with Crippen LogP contribution < -0.4 is 0 Å². The maximum atomic E-state index is 11.1. The van der Waals surface area contributed by atoms with Crippen LogP contribution >= 0.6 is 0 Å². The molecule has 0 radical (unpaired) electrons. The number of hydrogen-bond donors (Lipinski definition) is 2. The Morgan fingerprint density at radius 2 is 1.65 bits per heavy atom. The van der Waals surface area contributed by atoms with Crippen LogP contribution in [-0.4, -0.2) is 46.5 Å². The predicted octanol–water partition coefficient (Wildman–Crippen LogP) is 1.77. The van der Waals surface area contributed by atoms with Gasteiger partial charge < -0.3 is 15.1 Å². The summed E-state index contributed by atoms with van der Waals surface area (Å²) in [5.74, 6) is 0. The summed E-state index contributed by atoms with van der Waals surface area (Å²) in [6.07, 6.45) is 5.81. The zero-order chi connectivity index (χ0) is 12.7. The molecule has 2 heterocycles. The highest BCUT2D eigenvalue weighted by Crippen LogP contribution is 2.50. The predicted molar refractivity (Wildman–Crippen MR) is 68.9 cm³/mol. The summed E-state index contributed by atoms with van der Waals surface area (Å²) in [6.45, 7) is 4.30. The van der Waals surface area contributed by atoms with Crippen molar-refractivity contribution in [3.63, 3.8) is 0 Å². The highest BCUT2D eigenvalue weighted by atomic mass is 16.3. The molecule has 0 spiro atoms. The van der Waals surface area contributed by atoms with Gasteiger partial charge in [0.15, 0.2) is 0 Å². The Kier molecular flexibility index (Phi) is 3.54. The maximum Gasteiger partial charge on any atom is 0.0755 e. The maximum absolute atomic E-state index is 11.1. The van der Waals surface area contributed by atoms with Crippen molar-refractivity contribution >= 4 is 0 Å². The van der Waals surface area contributed by atoms with Gasteiger partial charge in [0, 0.05) is 17.5 Å². The number of rotatable bonds is 4. The molecule has 2 saturated heterocycles. The van der Waals surface area contributed by atoms with E-state index in [4.69, 9.17) is 0 Å². The Morgan fingerprint density at radius 1 is 1.18 bits per heavy atom. The van der Waals surface area contributed by atoms with Crippen LogP contribution in [0.15, 0.2) is 0 Å². The van der Waals surface area contributed by atoms with Gasteiger partial charge in [0.05, 0.1) is 12.2 Å². The Balaban J connectivity index is 2.25. The van der Waals surface area contributed by atoms with Gasteiger partial charge in [0.1, 0.15) is 0 Å². The van der Waals surface area contributed by atoms with Gasteiger partial charge in [-0.05, 0) is 45.6 Å². The topological polar surface area (TPSA) is 43.7 Å². The van der Waals surface area contributed by atoms with E-state index in [9.17, 15) is 10.2 Å². The average Bonchev–Trinajstić information content (AvgIpc) is 2.54. The van der Waals surface area contributed by atoms with E-state index in [0.717, 1.165) is 25.7 Å². The van der Waals surface area contributed by atoms with E-state index in [2.05, 4.69) is 25.8 Å². The second kappa shape index (κ2) is 4.52. The molecular formula is C14H27NO2. The first-order chi connectivity index (χ1) is 8.02. The molecule has 17 heavy (non-hydrogen) atoms. The van der Waals surface area contributed by atoms with Crippen molar-refractivity contribution in [1.82, 2.24) is 4.90 Å². The first kappa shape index (κ1) is 13.3. The van der Waals surface area contributed by atoms with Crippen LogP contribution in [0.25, 0.3) is 0 Å². The van der Waals surface area contributed by atoms with E-state index < -0.39 is 5.60 Å². The van der Waals surface area contributed by atoms with Crippen molar-refractivity contribution in [1.29, 1.82) is 0 Å². The second-order valence-corrected chi connectivity index (χ2v) is 6.14. The molecule has 0 amide bonds. The fourth-order valence-electron chi connectivity index (χ4n) is 4.16. The van der Waals surface area contributed by atoms with E-state index in [1.165, 1.54) is 12.8 Å².